The van der Waals surface area contributed by atoms with Crippen molar-refractivity contribution >= 4 is 24.6 Å². The van der Waals surface area contributed by atoms with Crippen molar-refractivity contribution in [3.8, 4) is 0 Å². The Labute approximate surface area is 65.5 Å². The molecule has 1 heterocycles. The van der Waals surface area contributed by atoms with Crippen LogP contribution in [0.25, 0.3) is 12.0 Å². The summed E-state index contributed by atoms with van der Waals surface area (Å²) in [5.41, 5.74) is 0.993. The van der Waals surface area contributed by atoms with Crippen molar-refractivity contribution in [2.24, 2.45) is 0 Å². The molecule has 52 valence electrons. The first-order valence-electron chi connectivity index (χ1n) is 3.00. The van der Waals surface area contributed by atoms with Gasteiger partial charge in [0.2, 0.25) is 0 Å². The highest BCUT2D eigenvalue weighted by Crippen LogP contribution is 1.79. The van der Waals surface area contributed by atoms with E-state index in [2.05, 4.69) is 24.2 Å². The summed E-state index contributed by atoms with van der Waals surface area (Å²) >= 11 is 4.03. The van der Waals surface area contributed by atoms with Gasteiger partial charge in [-0.2, -0.15) is 12.6 Å². The number of hydrogen-bond donors (Lipinski definition) is 1. The molecule has 0 saturated carbocycles. The van der Waals surface area contributed by atoms with Crippen molar-refractivity contribution in [1.82, 2.24) is 4.98 Å². The maximum atomic E-state index is 4.07. The average Bonchev–Trinajstić information content (AvgIpc) is 1.94. The molecule has 0 N–H and O–H groups in total. The van der Waals surface area contributed by atoms with Gasteiger partial charge < -0.3 is 0 Å². The molecule has 0 aliphatic rings. The van der Waals surface area contributed by atoms with Crippen LogP contribution in [-0.4, -0.2) is 4.98 Å². The van der Waals surface area contributed by atoms with Crippen LogP contribution in [0, 0.1) is 6.92 Å². The van der Waals surface area contributed by atoms with Crippen LogP contribution in [-0.2, 0) is 0 Å². The summed E-state index contributed by atoms with van der Waals surface area (Å²) < 4.78 is 0. The van der Waals surface area contributed by atoms with Crippen molar-refractivity contribution in [3.05, 3.63) is 28.4 Å². The third kappa shape index (κ3) is 1.39. The highest BCUT2D eigenvalue weighted by molar-refractivity contribution is 7.88. The van der Waals surface area contributed by atoms with E-state index in [-0.39, 0.29) is 0 Å². The van der Waals surface area contributed by atoms with Crippen molar-refractivity contribution in [2.45, 2.75) is 6.92 Å². The molecular weight excluding hydrogens is 142 g/mol. The van der Waals surface area contributed by atoms with Crippen LogP contribution in [0.4, 0.5) is 0 Å². The largest absolute Gasteiger partial charge is 0.261 e. The van der Waals surface area contributed by atoms with Gasteiger partial charge in [-0.1, -0.05) is 6.58 Å². The predicted octanol–water partition coefficient (Wildman–Crippen LogP) is 0.468. The summed E-state index contributed by atoms with van der Waals surface area (Å²) in [5, 5.41) is 3.69. The zero-order valence-corrected chi connectivity index (χ0v) is 6.73. The summed E-state index contributed by atoms with van der Waals surface area (Å²) in [6, 6.07) is 1.95. The SMILES string of the molecule is C=c1cnc(C)c/c1=C/S. The molecule has 0 amide bonds. The second kappa shape index (κ2) is 2.88. The molecule has 0 fully saturated rings. The molecule has 0 atom stereocenters. The molecule has 1 aromatic rings. The monoisotopic (exact) mass is 151 g/mol. The van der Waals surface area contributed by atoms with Crippen LogP contribution < -0.4 is 10.4 Å². The standard InChI is InChI=1S/C8H9NS/c1-6-4-9-7(2)3-8(6)5-10/h3-5,10H,1H2,2H3/b8-5-. The molecule has 1 nitrogen and oxygen atoms in total. The second-order valence-electron chi connectivity index (χ2n) is 2.15. The summed E-state index contributed by atoms with van der Waals surface area (Å²) in [5.74, 6) is 0. The Morgan fingerprint density at radius 2 is 2.40 bits per heavy atom. The van der Waals surface area contributed by atoms with Gasteiger partial charge in [0.1, 0.15) is 0 Å². The number of nitrogens with zero attached hydrogens (tertiary/aromatic N) is 1. The Kier molecular flexibility index (Phi) is 2.12. The number of aromatic nitrogens is 1. The van der Waals surface area contributed by atoms with E-state index in [1.165, 1.54) is 0 Å². The van der Waals surface area contributed by atoms with E-state index in [1.54, 1.807) is 11.6 Å². The zero-order chi connectivity index (χ0) is 7.56. The number of pyridine rings is 1. The third-order valence-corrected chi connectivity index (χ3v) is 1.58. The van der Waals surface area contributed by atoms with Crippen LogP contribution in [0.1, 0.15) is 5.69 Å². The third-order valence-electron chi connectivity index (χ3n) is 1.30. The molecule has 2 heteroatoms. The molecule has 1 aromatic heterocycles. The fourth-order valence-corrected chi connectivity index (χ4v) is 0.970. The first kappa shape index (κ1) is 7.35. The number of hydrogen-bond acceptors (Lipinski definition) is 2. The molecule has 0 saturated heterocycles. The van der Waals surface area contributed by atoms with E-state index in [1.807, 2.05) is 13.0 Å². The minimum Gasteiger partial charge on any atom is -0.261 e. The van der Waals surface area contributed by atoms with E-state index < -0.39 is 0 Å². The fourth-order valence-electron chi connectivity index (χ4n) is 0.729. The predicted molar refractivity (Wildman–Crippen MR) is 47.2 cm³/mol. The van der Waals surface area contributed by atoms with Crippen molar-refractivity contribution in [2.75, 3.05) is 0 Å². The lowest BCUT2D eigenvalue weighted by Crippen LogP contribution is -2.23. The Bertz CT molecular complexity index is 330. The van der Waals surface area contributed by atoms with Gasteiger partial charge >= 0.3 is 0 Å². The highest BCUT2D eigenvalue weighted by atomic mass is 32.1. The number of rotatable bonds is 0. The molecule has 0 aliphatic heterocycles. The fraction of sp³-hybridized carbons (Fsp3) is 0.125. The zero-order valence-electron chi connectivity index (χ0n) is 5.83. The molecule has 1 rings (SSSR count). The van der Waals surface area contributed by atoms with E-state index in [9.17, 15) is 0 Å². The van der Waals surface area contributed by atoms with Crippen molar-refractivity contribution in [3.63, 3.8) is 0 Å². The maximum Gasteiger partial charge on any atom is 0.0379 e. The van der Waals surface area contributed by atoms with Gasteiger partial charge in [0.15, 0.2) is 0 Å². The van der Waals surface area contributed by atoms with E-state index in [0.717, 1.165) is 16.1 Å². The molecule has 0 unspecified atom stereocenters. The number of aryl methyl sites for hydroxylation is 1. The van der Waals surface area contributed by atoms with E-state index in [4.69, 9.17) is 0 Å². The summed E-state index contributed by atoms with van der Waals surface area (Å²) in [6.45, 7) is 5.73. The van der Waals surface area contributed by atoms with Crippen molar-refractivity contribution in [1.29, 1.82) is 0 Å². The molecule has 0 bridgehead atoms. The molecular formula is C8H9NS. The van der Waals surface area contributed by atoms with Crippen LogP contribution in [0.15, 0.2) is 12.3 Å². The van der Waals surface area contributed by atoms with Crippen LogP contribution in [0.3, 0.4) is 0 Å². The normalized spacial score (nSPS) is 12.0. The lowest BCUT2D eigenvalue weighted by atomic mass is 10.3. The van der Waals surface area contributed by atoms with Gasteiger partial charge in [0.25, 0.3) is 0 Å². The average molecular weight is 151 g/mol. The lowest BCUT2D eigenvalue weighted by Gasteiger charge is -1.89. The van der Waals surface area contributed by atoms with Crippen LogP contribution >= 0.6 is 12.6 Å². The Balaban J connectivity index is 3.53. The van der Waals surface area contributed by atoms with Crippen LogP contribution in [0.2, 0.25) is 0 Å². The van der Waals surface area contributed by atoms with Crippen molar-refractivity contribution < 1.29 is 0 Å². The first-order valence-corrected chi connectivity index (χ1v) is 3.51. The van der Waals surface area contributed by atoms with E-state index in [0.29, 0.717) is 0 Å². The Morgan fingerprint density at radius 1 is 1.70 bits per heavy atom. The van der Waals surface area contributed by atoms with E-state index >= 15 is 0 Å². The quantitative estimate of drug-likeness (QED) is 0.532. The Morgan fingerprint density at radius 3 is 2.90 bits per heavy atom. The lowest BCUT2D eigenvalue weighted by molar-refractivity contribution is 1.17. The molecule has 0 aliphatic carbocycles. The summed E-state index contributed by atoms with van der Waals surface area (Å²) in [6.07, 6.45) is 1.75. The Hall–Kier alpha value is -0.760. The van der Waals surface area contributed by atoms with Gasteiger partial charge in [0.05, 0.1) is 0 Å². The maximum absolute atomic E-state index is 4.07. The van der Waals surface area contributed by atoms with Gasteiger partial charge in [-0.25, -0.2) is 0 Å². The topological polar surface area (TPSA) is 12.9 Å². The highest BCUT2D eigenvalue weighted by Gasteiger charge is 1.83. The van der Waals surface area contributed by atoms with Crippen LogP contribution in [0.5, 0.6) is 0 Å². The number of thiol groups is 1. The summed E-state index contributed by atoms with van der Waals surface area (Å²) in [4.78, 5) is 4.07. The minimum atomic E-state index is 0.917. The van der Waals surface area contributed by atoms with Gasteiger partial charge in [-0.3, -0.25) is 4.98 Å². The molecule has 0 spiro atoms. The first-order chi connectivity index (χ1) is 4.74. The smallest absolute Gasteiger partial charge is 0.0379 e. The van der Waals surface area contributed by atoms with Gasteiger partial charge in [-0.15, -0.1) is 0 Å². The van der Waals surface area contributed by atoms with Gasteiger partial charge in [0, 0.05) is 11.9 Å². The van der Waals surface area contributed by atoms with Gasteiger partial charge in [-0.05, 0) is 28.8 Å². The molecule has 0 radical (unpaired) electrons. The molecule has 0 aromatic carbocycles. The minimum absolute atomic E-state index is 0.917. The molecule has 10 heavy (non-hydrogen) atoms. The summed E-state index contributed by atoms with van der Waals surface area (Å²) in [7, 11) is 0. The second-order valence-corrected chi connectivity index (χ2v) is 2.41.